The largest absolute Gasteiger partial charge is 0.331 e. The summed E-state index contributed by atoms with van der Waals surface area (Å²) in [6, 6.07) is 11.4. The molecule has 1 aromatic heterocycles. The predicted octanol–water partition coefficient (Wildman–Crippen LogP) is 2.24. The molecule has 128 valence electrons. The molecule has 0 atom stereocenters. The van der Waals surface area contributed by atoms with Crippen LogP contribution in [0, 0.1) is 5.82 Å². The van der Waals surface area contributed by atoms with Gasteiger partial charge in [-0.15, -0.1) is 5.10 Å². The third-order valence-corrected chi connectivity index (χ3v) is 3.70. The molecule has 3 aromatic rings. The molecule has 3 N–H and O–H groups in total. The number of nitrogens with zero attached hydrogens (tertiary/aromatic N) is 3. The maximum atomic E-state index is 13.1. The van der Waals surface area contributed by atoms with E-state index in [2.05, 4.69) is 26.5 Å². The lowest BCUT2D eigenvalue weighted by atomic mass is 10.3. The normalized spacial score (nSPS) is 10.5. The highest BCUT2D eigenvalue weighted by atomic mass is 35.5. The Hall–Kier alpha value is -2.78. The molecule has 0 aliphatic rings. The Labute approximate surface area is 152 Å². The summed E-state index contributed by atoms with van der Waals surface area (Å²) in [7, 11) is 0. The molecule has 0 unspecified atom stereocenters. The first-order chi connectivity index (χ1) is 12.0. The van der Waals surface area contributed by atoms with Gasteiger partial charge in [-0.1, -0.05) is 28.9 Å². The second-order valence-corrected chi connectivity index (χ2v) is 5.81. The molecule has 1 amide bonds. The summed E-state index contributed by atoms with van der Waals surface area (Å²) in [4.78, 5) is 12.0. The Bertz CT molecular complexity index is 947. The van der Waals surface area contributed by atoms with Gasteiger partial charge in [-0.05, 0) is 42.5 Å². The van der Waals surface area contributed by atoms with Crippen molar-refractivity contribution < 1.29 is 9.18 Å². The molecule has 0 saturated carbocycles. The minimum absolute atomic E-state index is 0.0293. The number of para-hydroxylation sites is 1. The van der Waals surface area contributed by atoms with Crippen molar-refractivity contribution in [3.8, 4) is 0 Å². The molecule has 0 saturated heterocycles. The number of halogens is 2. The number of nitrogens with one attached hydrogen (secondary N) is 3. The summed E-state index contributed by atoms with van der Waals surface area (Å²) in [5, 5.41) is 10.8. The van der Waals surface area contributed by atoms with Crippen LogP contribution in [0.25, 0.3) is 11.0 Å². The van der Waals surface area contributed by atoms with Gasteiger partial charge in [-0.25, -0.2) is 9.07 Å². The van der Waals surface area contributed by atoms with Gasteiger partial charge in [0.1, 0.15) is 17.9 Å². The monoisotopic (exact) mass is 378 g/mol. The zero-order valence-electron chi connectivity index (χ0n) is 12.7. The average molecular weight is 379 g/mol. The van der Waals surface area contributed by atoms with E-state index in [9.17, 15) is 9.18 Å². The van der Waals surface area contributed by atoms with Gasteiger partial charge in [-0.3, -0.25) is 15.6 Å². The molecule has 25 heavy (non-hydrogen) atoms. The number of aromatic nitrogens is 3. The van der Waals surface area contributed by atoms with E-state index in [1.807, 2.05) is 24.3 Å². The lowest BCUT2D eigenvalue weighted by molar-refractivity contribution is -0.122. The van der Waals surface area contributed by atoms with Gasteiger partial charge in [0, 0.05) is 5.69 Å². The van der Waals surface area contributed by atoms with Crippen LogP contribution < -0.4 is 16.2 Å². The maximum absolute atomic E-state index is 13.1. The molecule has 7 nitrogen and oxygen atoms in total. The van der Waals surface area contributed by atoms with E-state index in [1.165, 1.54) is 22.9 Å². The second kappa shape index (κ2) is 7.41. The molecular formula is C15H12ClFN6OS. The molecule has 0 aliphatic carbocycles. The summed E-state index contributed by atoms with van der Waals surface area (Å²) in [6.45, 7) is -0.0293. The van der Waals surface area contributed by atoms with Gasteiger partial charge in [0.25, 0.3) is 5.91 Å². The summed E-state index contributed by atoms with van der Waals surface area (Å²) in [5.41, 5.74) is 6.93. The highest BCUT2D eigenvalue weighted by Gasteiger charge is 2.09. The minimum atomic E-state index is -0.528. The smallest absolute Gasteiger partial charge is 0.260 e. The summed E-state index contributed by atoms with van der Waals surface area (Å²) in [6.07, 6.45) is 0. The van der Waals surface area contributed by atoms with Crippen LogP contribution in [0.1, 0.15) is 0 Å². The number of fused-ring (bicyclic) bond motifs is 1. The van der Waals surface area contributed by atoms with Crippen molar-refractivity contribution in [3.05, 3.63) is 53.3 Å². The summed E-state index contributed by atoms with van der Waals surface area (Å²) >= 11 is 10.7. The number of rotatable bonds is 3. The fraction of sp³-hybridized carbons (Fsp3) is 0.0667. The topological polar surface area (TPSA) is 83.9 Å². The molecule has 0 radical (unpaired) electrons. The quantitative estimate of drug-likeness (QED) is 0.479. The van der Waals surface area contributed by atoms with Gasteiger partial charge in [-0.2, -0.15) is 0 Å². The minimum Gasteiger partial charge on any atom is -0.331 e. The average Bonchev–Trinajstić information content (AvgIpc) is 2.99. The number of carbonyl (C=O) groups is 1. The number of thiocarbonyl (C=S) groups is 1. The molecule has 10 heteroatoms. The third kappa shape index (κ3) is 4.20. The Morgan fingerprint density at radius 1 is 1.24 bits per heavy atom. The molecule has 0 spiro atoms. The Balaban J connectivity index is 1.53. The van der Waals surface area contributed by atoms with E-state index in [-0.39, 0.29) is 22.6 Å². The number of hydrogen-bond acceptors (Lipinski definition) is 4. The van der Waals surface area contributed by atoms with Gasteiger partial charge < -0.3 is 5.32 Å². The van der Waals surface area contributed by atoms with Crippen molar-refractivity contribution in [2.24, 2.45) is 0 Å². The molecule has 3 rings (SSSR count). The highest BCUT2D eigenvalue weighted by Crippen LogP contribution is 2.19. The van der Waals surface area contributed by atoms with Crippen LogP contribution in [0.4, 0.5) is 10.1 Å². The van der Waals surface area contributed by atoms with Gasteiger partial charge >= 0.3 is 0 Å². The highest BCUT2D eigenvalue weighted by molar-refractivity contribution is 7.80. The van der Waals surface area contributed by atoms with Crippen LogP contribution in [0.15, 0.2) is 42.5 Å². The standard InChI is InChI=1S/C15H12ClFN6OS/c16-10-7-9(5-6-11(10)17)18-15(25)21-20-14(24)8-23-13-4-2-1-3-12(13)19-22-23/h1-7H,8H2,(H,20,24)(H2,18,21,25). The van der Waals surface area contributed by atoms with E-state index in [0.717, 1.165) is 5.52 Å². The fourth-order valence-electron chi connectivity index (χ4n) is 2.07. The van der Waals surface area contributed by atoms with Crippen molar-refractivity contribution in [2.75, 3.05) is 5.32 Å². The van der Waals surface area contributed by atoms with Gasteiger partial charge in [0.15, 0.2) is 5.11 Å². The van der Waals surface area contributed by atoms with Gasteiger partial charge in [0.05, 0.1) is 10.5 Å². The first-order valence-corrected chi connectivity index (χ1v) is 7.90. The first kappa shape index (κ1) is 17.1. The van der Waals surface area contributed by atoms with Crippen LogP contribution in [0.2, 0.25) is 5.02 Å². The SMILES string of the molecule is O=C(Cn1nnc2ccccc21)NNC(=S)Nc1ccc(F)c(Cl)c1. The fourth-order valence-corrected chi connectivity index (χ4v) is 2.42. The molecule has 0 aliphatic heterocycles. The van der Waals surface area contributed by atoms with Crippen LogP contribution in [-0.4, -0.2) is 26.0 Å². The molecular weight excluding hydrogens is 367 g/mol. The number of amides is 1. The maximum Gasteiger partial charge on any atom is 0.260 e. The Morgan fingerprint density at radius 2 is 2.04 bits per heavy atom. The zero-order valence-corrected chi connectivity index (χ0v) is 14.2. The van der Waals surface area contributed by atoms with E-state index in [1.54, 1.807) is 0 Å². The third-order valence-electron chi connectivity index (χ3n) is 3.21. The van der Waals surface area contributed by atoms with Crippen molar-refractivity contribution >= 4 is 51.6 Å². The van der Waals surface area contributed by atoms with E-state index in [4.69, 9.17) is 23.8 Å². The molecule has 2 aromatic carbocycles. The lowest BCUT2D eigenvalue weighted by Crippen LogP contribution is -2.45. The summed E-state index contributed by atoms with van der Waals surface area (Å²) in [5.74, 6) is -0.892. The van der Waals surface area contributed by atoms with Crippen molar-refractivity contribution in [2.45, 2.75) is 6.54 Å². The van der Waals surface area contributed by atoms with E-state index < -0.39 is 5.82 Å². The first-order valence-electron chi connectivity index (χ1n) is 7.12. The van der Waals surface area contributed by atoms with Crippen LogP contribution in [0.5, 0.6) is 0 Å². The molecule has 0 bridgehead atoms. The zero-order chi connectivity index (χ0) is 17.8. The lowest BCUT2D eigenvalue weighted by Gasteiger charge is -2.12. The van der Waals surface area contributed by atoms with Crippen LogP contribution in [-0.2, 0) is 11.3 Å². The number of benzene rings is 2. The van der Waals surface area contributed by atoms with Crippen molar-refractivity contribution in [1.29, 1.82) is 0 Å². The van der Waals surface area contributed by atoms with Crippen LogP contribution in [0.3, 0.4) is 0 Å². The Kier molecular flexibility index (Phi) is 5.05. The molecule has 0 fully saturated rings. The number of anilines is 1. The Morgan fingerprint density at radius 3 is 2.84 bits per heavy atom. The van der Waals surface area contributed by atoms with Gasteiger partial charge in [0.2, 0.25) is 0 Å². The van der Waals surface area contributed by atoms with Crippen LogP contribution >= 0.6 is 23.8 Å². The summed E-state index contributed by atoms with van der Waals surface area (Å²) < 4.78 is 14.6. The predicted molar refractivity (Wildman–Crippen MR) is 96.4 cm³/mol. The van der Waals surface area contributed by atoms with Crippen molar-refractivity contribution in [3.63, 3.8) is 0 Å². The second-order valence-electron chi connectivity index (χ2n) is 4.99. The number of hydrogen-bond donors (Lipinski definition) is 3. The molecule has 1 heterocycles. The number of carbonyl (C=O) groups excluding carboxylic acids is 1. The van der Waals surface area contributed by atoms with E-state index in [0.29, 0.717) is 11.2 Å². The van der Waals surface area contributed by atoms with Crippen molar-refractivity contribution in [1.82, 2.24) is 25.8 Å². The van der Waals surface area contributed by atoms with E-state index >= 15 is 0 Å². The number of hydrazine groups is 1.